The molecule has 0 bridgehead atoms. The van der Waals surface area contributed by atoms with Crippen molar-refractivity contribution >= 4 is 23.1 Å². The van der Waals surface area contributed by atoms with Gasteiger partial charge in [-0.3, -0.25) is 19.2 Å². The fourth-order valence-electron chi connectivity index (χ4n) is 3.14. The summed E-state index contributed by atoms with van der Waals surface area (Å²) in [6.07, 6.45) is -2.18. The number of hydrogen-bond donors (Lipinski definition) is 5. The van der Waals surface area contributed by atoms with Gasteiger partial charge in [-0.25, -0.2) is 0 Å². The van der Waals surface area contributed by atoms with Crippen LogP contribution in [0.15, 0.2) is 0 Å². The Morgan fingerprint density at radius 3 is 1.46 bits per heavy atom. The largest absolute Gasteiger partial charge is 0.394 e. The lowest BCUT2D eigenvalue weighted by atomic mass is 9.57. The highest BCUT2D eigenvalue weighted by molar-refractivity contribution is 6.08. The second-order valence-electron chi connectivity index (χ2n) is 5.85. The van der Waals surface area contributed by atoms with E-state index in [0.717, 1.165) is 0 Å². The number of hydrogen-bond acceptors (Lipinski definition) is 10. The molecule has 0 aromatic heterocycles. The number of Topliss-reactive ketones (excluding diaryl/α,β-unsaturated/α-hetero) is 4. The Labute approximate surface area is 136 Å². The minimum Gasteiger partial charge on any atom is -0.394 e. The predicted octanol–water partition coefficient (Wildman–Crippen LogP) is -3.38. The molecule has 1 saturated heterocycles. The quantitative estimate of drug-likeness (QED) is 0.336. The number of ketones is 4. The van der Waals surface area contributed by atoms with Gasteiger partial charge in [-0.1, -0.05) is 0 Å². The second kappa shape index (κ2) is 5.76. The van der Waals surface area contributed by atoms with Crippen LogP contribution in [0.1, 0.15) is 27.7 Å². The highest BCUT2D eigenvalue weighted by Gasteiger charge is 2.83. The van der Waals surface area contributed by atoms with Crippen molar-refractivity contribution in [3.63, 3.8) is 0 Å². The van der Waals surface area contributed by atoms with Gasteiger partial charge in [0, 0.05) is 6.92 Å². The van der Waals surface area contributed by atoms with E-state index in [0.29, 0.717) is 27.7 Å². The summed E-state index contributed by atoms with van der Waals surface area (Å²) in [6.45, 7) is 1.40. The number of rotatable bonds is 5. The van der Waals surface area contributed by atoms with Crippen molar-refractivity contribution in [2.75, 3.05) is 6.61 Å². The maximum atomic E-state index is 12.1. The standard InChI is InChI=1S/C14H20O10/c1-6(16)11(20)10(5-15)24-14(23,9(4)19)13(22,8(3)18)12(11,21)7(2)17/h10,15,20-23H,5H2,1-4H3/t10-,11-,12+,13+,14-/m1/s1. The molecule has 136 valence electrons. The first-order chi connectivity index (χ1) is 10.7. The molecule has 5 atom stereocenters. The fraction of sp³-hybridized carbons (Fsp3) is 0.714. The Balaban J connectivity index is 4.05. The normalized spacial score (nSPS) is 42.5. The molecule has 0 radical (unpaired) electrons. The van der Waals surface area contributed by atoms with Gasteiger partial charge in [-0.05, 0) is 20.8 Å². The molecule has 24 heavy (non-hydrogen) atoms. The third kappa shape index (κ3) is 1.98. The van der Waals surface area contributed by atoms with Gasteiger partial charge in [0.05, 0.1) is 6.61 Å². The van der Waals surface area contributed by atoms with Crippen molar-refractivity contribution in [3.05, 3.63) is 0 Å². The third-order valence-electron chi connectivity index (χ3n) is 4.54. The summed E-state index contributed by atoms with van der Waals surface area (Å²) >= 11 is 0. The van der Waals surface area contributed by atoms with Crippen molar-refractivity contribution in [1.82, 2.24) is 0 Å². The van der Waals surface area contributed by atoms with Crippen LogP contribution in [0.5, 0.6) is 0 Å². The number of aliphatic hydroxyl groups is 5. The Morgan fingerprint density at radius 1 is 0.792 bits per heavy atom. The van der Waals surface area contributed by atoms with Crippen molar-refractivity contribution < 1.29 is 49.4 Å². The van der Waals surface area contributed by atoms with E-state index in [2.05, 4.69) is 0 Å². The molecule has 0 aromatic rings. The number of ether oxygens (including phenoxy) is 1. The van der Waals surface area contributed by atoms with Gasteiger partial charge in [-0.15, -0.1) is 0 Å². The molecule has 1 heterocycles. The molecule has 1 rings (SSSR count). The molecule has 10 nitrogen and oxygen atoms in total. The number of carbonyl (C=O) groups is 4. The zero-order chi connectivity index (χ0) is 19.3. The molecule has 1 aliphatic rings. The van der Waals surface area contributed by atoms with Gasteiger partial charge in [0.25, 0.3) is 5.79 Å². The van der Waals surface area contributed by atoms with Gasteiger partial charge in [-0.2, -0.15) is 0 Å². The Kier molecular flexibility index (Phi) is 4.92. The van der Waals surface area contributed by atoms with E-state index in [9.17, 15) is 44.7 Å². The summed E-state index contributed by atoms with van der Waals surface area (Å²) < 4.78 is 4.79. The SMILES string of the molecule is CC(=O)[C@@]1(O)[C@@](O)(C(C)=O)[C@@](O)(C(C)=O)O[C@H](CO)[C@]1(O)C(C)=O. The van der Waals surface area contributed by atoms with E-state index < -0.39 is 58.4 Å². The van der Waals surface area contributed by atoms with E-state index in [1.165, 1.54) is 0 Å². The molecule has 1 fully saturated rings. The Hall–Kier alpha value is -1.56. The highest BCUT2D eigenvalue weighted by Crippen LogP contribution is 2.50. The number of carbonyl (C=O) groups excluding carboxylic acids is 4. The smallest absolute Gasteiger partial charge is 0.267 e. The minimum atomic E-state index is -3.70. The lowest BCUT2D eigenvalue weighted by Crippen LogP contribution is -2.90. The topological polar surface area (TPSA) is 179 Å². The zero-order valence-electron chi connectivity index (χ0n) is 13.6. The first-order valence-electron chi connectivity index (χ1n) is 6.91. The van der Waals surface area contributed by atoms with E-state index >= 15 is 0 Å². The van der Waals surface area contributed by atoms with Crippen LogP contribution in [0.2, 0.25) is 0 Å². The van der Waals surface area contributed by atoms with Crippen molar-refractivity contribution in [2.45, 2.75) is 56.4 Å². The average Bonchev–Trinajstić information content (AvgIpc) is 2.47. The van der Waals surface area contributed by atoms with Crippen LogP contribution in [0.3, 0.4) is 0 Å². The summed E-state index contributed by atoms with van der Waals surface area (Å²) in [5.41, 5.74) is -10.7. The van der Waals surface area contributed by atoms with Crippen molar-refractivity contribution in [2.24, 2.45) is 0 Å². The highest BCUT2D eigenvalue weighted by atomic mass is 16.7. The Bertz CT molecular complexity index is 615. The summed E-state index contributed by atoms with van der Waals surface area (Å²) in [7, 11) is 0. The lowest BCUT2D eigenvalue weighted by Gasteiger charge is -2.59. The molecular formula is C14H20O10. The zero-order valence-corrected chi connectivity index (χ0v) is 13.6. The molecule has 1 aliphatic heterocycles. The van der Waals surface area contributed by atoms with Gasteiger partial charge in [0.1, 0.15) is 6.10 Å². The first kappa shape index (κ1) is 20.5. The summed E-state index contributed by atoms with van der Waals surface area (Å²) in [5, 5.41) is 52.0. The number of aliphatic hydroxyl groups excluding tert-OH is 1. The lowest BCUT2D eigenvalue weighted by molar-refractivity contribution is -0.390. The van der Waals surface area contributed by atoms with Gasteiger partial charge in [0.15, 0.2) is 28.7 Å². The van der Waals surface area contributed by atoms with Crippen LogP contribution >= 0.6 is 0 Å². The molecule has 0 amide bonds. The molecule has 0 unspecified atom stereocenters. The maximum Gasteiger partial charge on any atom is 0.267 e. The molecule has 5 N–H and O–H groups in total. The van der Waals surface area contributed by atoms with Crippen molar-refractivity contribution in [1.29, 1.82) is 0 Å². The minimum absolute atomic E-state index is 0.616. The summed E-state index contributed by atoms with van der Waals surface area (Å²) in [4.78, 5) is 47.9. The Morgan fingerprint density at radius 2 is 1.21 bits per heavy atom. The third-order valence-corrected chi connectivity index (χ3v) is 4.54. The van der Waals surface area contributed by atoms with Gasteiger partial charge < -0.3 is 30.3 Å². The van der Waals surface area contributed by atoms with Crippen LogP contribution < -0.4 is 0 Å². The van der Waals surface area contributed by atoms with E-state index in [1.54, 1.807) is 0 Å². The van der Waals surface area contributed by atoms with Gasteiger partial charge >= 0.3 is 0 Å². The molecule has 0 saturated carbocycles. The molecule has 0 aliphatic carbocycles. The predicted molar refractivity (Wildman–Crippen MR) is 74.5 cm³/mol. The summed E-state index contributed by atoms with van der Waals surface area (Å²) in [5.74, 6) is -9.25. The fourth-order valence-corrected chi connectivity index (χ4v) is 3.14. The summed E-state index contributed by atoms with van der Waals surface area (Å²) in [6, 6.07) is 0. The second-order valence-corrected chi connectivity index (χ2v) is 5.85. The van der Waals surface area contributed by atoms with Crippen molar-refractivity contribution in [3.8, 4) is 0 Å². The van der Waals surface area contributed by atoms with Crippen LogP contribution in [0.25, 0.3) is 0 Å². The molecule has 10 heteroatoms. The van der Waals surface area contributed by atoms with E-state index in [4.69, 9.17) is 4.74 Å². The van der Waals surface area contributed by atoms with Crippen LogP contribution in [0.4, 0.5) is 0 Å². The monoisotopic (exact) mass is 348 g/mol. The molecular weight excluding hydrogens is 328 g/mol. The van der Waals surface area contributed by atoms with Crippen LogP contribution in [0, 0.1) is 0 Å². The van der Waals surface area contributed by atoms with Crippen LogP contribution in [-0.4, -0.2) is 84.0 Å². The van der Waals surface area contributed by atoms with E-state index in [-0.39, 0.29) is 0 Å². The average molecular weight is 348 g/mol. The van der Waals surface area contributed by atoms with E-state index in [1.807, 2.05) is 0 Å². The maximum absolute atomic E-state index is 12.1. The van der Waals surface area contributed by atoms with Gasteiger partial charge in [0.2, 0.25) is 11.2 Å². The first-order valence-corrected chi connectivity index (χ1v) is 6.91. The van der Waals surface area contributed by atoms with Crippen LogP contribution in [-0.2, 0) is 23.9 Å². The molecule has 0 aromatic carbocycles. The molecule has 0 spiro atoms.